The van der Waals surface area contributed by atoms with Gasteiger partial charge in [0.05, 0.1) is 12.1 Å². The predicted molar refractivity (Wildman–Crippen MR) is 79.0 cm³/mol. The van der Waals surface area contributed by atoms with Crippen LogP contribution < -0.4 is 15.9 Å². The molecule has 2 rings (SSSR count). The Morgan fingerprint density at radius 3 is 2.76 bits per heavy atom. The first-order chi connectivity index (χ1) is 10.1. The van der Waals surface area contributed by atoms with E-state index in [1.807, 2.05) is 0 Å². The van der Waals surface area contributed by atoms with Crippen molar-refractivity contribution in [2.24, 2.45) is 16.8 Å². The highest BCUT2D eigenvalue weighted by Crippen LogP contribution is 2.25. The minimum absolute atomic E-state index is 0.00704. The van der Waals surface area contributed by atoms with E-state index in [-0.39, 0.29) is 11.9 Å². The summed E-state index contributed by atoms with van der Waals surface area (Å²) in [7, 11) is 0. The largest absolute Gasteiger partial charge is 0.426 e. The van der Waals surface area contributed by atoms with E-state index >= 15 is 0 Å². The minimum Gasteiger partial charge on any atom is -0.426 e. The molecule has 1 aromatic carbocycles. The molecule has 0 aromatic heterocycles. The number of carbonyl (C=O) groups excluding carboxylic acids is 2. The summed E-state index contributed by atoms with van der Waals surface area (Å²) in [5, 5.41) is 3.66. The van der Waals surface area contributed by atoms with Crippen molar-refractivity contribution in [2.45, 2.75) is 32.1 Å². The second-order valence-corrected chi connectivity index (χ2v) is 5.06. The maximum Gasteiger partial charge on any atom is 0.332 e. The Labute approximate surface area is 123 Å². The van der Waals surface area contributed by atoms with Crippen molar-refractivity contribution in [3.63, 3.8) is 0 Å². The van der Waals surface area contributed by atoms with Crippen LogP contribution in [0, 0.1) is 5.92 Å². The Morgan fingerprint density at radius 1 is 1.29 bits per heavy atom. The number of esters is 1. The van der Waals surface area contributed by atoms with Gasteiger partial charge in [-0.2, -0.15) is 5.10 Å². The lowest BCUT2D eigenvalue weighted by atomic mass is 9.89. The maximum atomic E-state index is 12.1. The highest BCUT2D eigenvalue weighted by atomic mass is 16.5. The SMILES string of the molecule is NC(=O)NN=Cc1cccc(OC(=O)C2CCCCC2)c1. The van der Waals surface area contributed by atoms with Crippen LogP contribution in [0.1, 0.15) is 37.7 Å². The molecule has 3 N–H and O–H groups in total. The number of hydrazone groups is 1. The first kappa shape index (κ1) is 15.0. The normalized spacial score (nSPS) is 15.8. The summed E-state index contributed by atoms with van der Waals surface area (Å²) < 4.78 is 5.41. The lowest BCUT2D eigenvalue weighted by Crippen LogP contribution is -2.24. The van der Waals surface area contributed by atoms with Crippen molar-refractivity contribution in [3.8, 4) is 5.75 Å². The molecule has 6 nitrogen and oxygen atoms in total. The molecule has 0 spiro atoms. The van der Waals surface area contributed by atoms with E-state index in [1.165, 1.54) is 12.6 Å². The molecule has 0 aliphatic heterocycles. The topological polar surface area (TPSA) is 93.8 Å². The number of carbonyl (C=O) groups is 2. The first-order valence-corrected chi connectivity index (χ1v) is 7.05. The smallest absolute Gasteiger partial charge is 0.332 e. The summed E-state index contributed by atoms with van der Waals surface area (Å²) in [6.07, 6.45) is 6.62. The van der Waals surface area contributed by atoms with Crippen molar-refractivity contribution in [1.29, 1.82) is 0 Å². The summed E-state index contributed by atoms with van der Waals surface area (Å²) in [4.78, 5) is 22.6. The molecule has 21 heavy (non-hydrogen) atoms. The van der Waals surface area contributed by atoms with Gasteiger partial charge >= 0.3 is 12.0 Å². The fourth-order valence-electron chi connectivity index (χ4n) is 2.37. The van der Waals surface area contributed by atoms with Crippen LogP contribution >= 0.6 is 0 Å². The molecular formula is C15H19N3O3. The zero-order chi connectivity index (χ0) is 15.1. The van der Waals surface area contributed by atoms with Crippen LogP contribution in [0.25, 0.3) is 0 Å². The Hall–Kier alpha value is -2.37. The third-order valence-corrected chi connectivity index (χ3v) is 3.40. The van der Waals surface area contributed by atoms with Gasteiger partial charge in [-0.1, -0.05) is 31.4 Å². The van der Waals surface area contributed by atoms with Crippen LogP contribution in [0.15, 0.2) is 29.4 Å². The third-order valence-electron chi connectivity index (χ3n) is 3.40. The molecule has 0 bridgehead atoms. The highest BCUT2D eigenvalue weighted by molar-refractivity contribution is 5.82. The number of hydrogen-bond acceptors (Lipinski definition) is 4. The number of urea groups is 1. The Morgan fingerprint density at radius 2 is 2.05 bits per heavy atom. The molecule has 1 aromatic rings. The molecule has 1 fully saturated rings. The molecule has 1 aliphatic carbocycles. The predicted octanol–water partition coefficient (Wildman–Crippen LogP) is 2.17. The van der Waals surface area contributed by atoms with E-state index in [4.69, 9.17) is 10.5 Å². The minimum atomic E-state index is -0.730. The van der Waals surface area contributed by atoms with Gasteiger partial charge in [-0.15, -0.1) is 0 Å². The maximum absolute atomic E-state index is 12.1. The Balaban J connectivity index is 1.95. The van der Waals surface area contributed by atoms with Crippen molar-refractivity contribution in [3.05, 3.63) is 29.8 Å². The number of amides is 2. The molecule has 6 heteroatoms. The van der Waals surface area contributed by atoms with E-state index in [2.05, 4.69) is 10.5 Å². The molecule has 0 radical (unpaired) electrons. The zero-order valence-electron chi connectivity index (χ0n) is 11.7. The van der Waals surface area contributed by atoms with E-state index in [0.29, 0.717) is 11.3 Å². The molecule has 2 amide bonds. The summed E-state index contributed by atoms with van der Waals surface area (Å²) in [6, 6.07) is 6.22. The van der Waals surface area contributed by atoms with Crippen LogP contribution in [0.5, 0.6) is 5.75 Å². The average molecular weight is 289 g/mol. The summed E-state index contributed by atoms with van der Waals surface area (Å²) >= 11 is 0. The van der Waals surface area contributed by atoms with E-state index < -0.39 is 6.03 Å². The van der Waals surface area contributed by atoms with Crippen molar-refractivity contribution in [1.82, 2.24) is 5.43 Å². The first-order valence-electron chi connectivity index (χ1n) is 7.05. The lowest BCUT2D eigenvalue weighted by Gasteiger charge is -2.19. The number of nitrogens with zero attached hydrogens (tertiary/aromatic N) is 1. The number of hydrogen-bond donors (Lipinski definition) is 2. The van der Waals surface area contributed by atoms with Crippen molar-refractivity contribution < 1.29 is 14.3 Å². The van der Waals surface area contributed by atoms with Gasteiger partial charge in [0.15, 0.2) is 0 Å². The Bertz CT molecular complexity index is 537. The van der Waals surface area contributed by atoms with Gasteiger partial charge in [0.1, 0.15) is 5.75 Å². The Kier molecular flexibility index (Phi) is 5.31. The summed E-state index contributed by atoms with van der Waals surface area (Å²) in [6.45, 7) is 0. The van der Waals surface area contributed by atoms with E-state index in [1.54, 1.807) is 24.3 Å². The van der Waals surface area contributed by atoms with Gasteiger partial charge in [0, 0.05) is 0 Å². The highest BCUT2D eigenvalue weighted by Gasteiger charge is 2.22. The fourth-order valence-corrected chi connectivity index (χ4v) is 2.37. The number of nitrogens with one attached hydrogen (secondary N) is 1. The van der Waals surface area contributed by atoms with Gasteiger partial charge in [0.2, 0.25) is 0 Å². The van der Waals surface area contributed by atoms with Crippen LogP contribution in [-0.2, 0) is 4.79 Å². The monoisotopic (exact) mass is 289 g/mol. The fraction of sp³-hybridized carbons (Fsp3) is 0.400. The van der Waals surface area contributed by atoms with Gasteiger partial charge in [-0.05, 0) is 30.5 Å². The van der Waals surface area contributed by atoms with Crippen LogP contribution in [0.4, 0.5) is 4.79 Å². The van der Waals surface area contributed by atoms with Crippen LogP contribution in [0.2, 0.25) is 0 Å². The number of nitrogens with two attached hydrogens (primary N) is 1. The van der Waals surface area contributed by atoms with Gasteiger partial charge in [-0.3, -0.25) is 4.79 Å². The quantitative estimate of drug-likeness (QED) is 0.385. The molecule has 0 heterocycles. The number of rotatable bonds is 4. The van der Waals surface area contributed by atoms with E-state index in [0.717, 1.165) is 25.7 Å². The second kappa shape index (κ2) is 7.42. The number of benzene rings is 1. The van der Waals surface area contributed by atoms with Crippen molar-refractivity contribution in [2.75, 3.05) is 0 Å². The molecule has 112 valence electrons. The second-order valence-electron chi connectivity index (χ2n) is 5.06. The molecule has 0 unspecified atom stereocenters. The molecule has 1 aliphatic rings. The van der Waals surface area contributed by atoms with Crippen LogP contribution in [0.3, 0.4) is 0 Å². The third kappa shape index (κ3) is 4.91. The van der Waals surface area contributed by atoms with E-state index in [9.17, 15) is 9.59 Å². The summed E-state index contributed by atoms with van der Waals surface area (Å²) in [5.41, 5.74) is 7.71. The summed E-state index contributed by atoms with van der Waals surface area (Å²) in [5.74, 6) is 0.320. The molecular weight excluding hydrogens is 270 g/mol. The van der Waals surface area contributed by atoms with Crippen molar-refractivity contribution >= 4 is 18.2 Å². The van der Waals surface area contributed by atoms with Gasteiger partial charge in [-0.25, -0.2) is 10.2 Å². The van der Waals surface area contributed by atoms with Gasteiger partial charge in [0.25, 0.3) is 0 Å². The lowest BCUT2D eigenvalue weighted by molar-refractivity contribution is -0.139. The molecule has 0 saturated heterocycles. The standard InChI is InChI=1S/C15H19N3O3/c16-15(20)18-17-10-11-5-4-8-13(9-11)21-14(19)12-6-2-1-3-7-12/h4-5,8-10,12H,1-3,6-7H2,(H3,16,18,20). The number of ether oxygens (including phenoxy) is 1. The van der Waals surface area contributed by atoms with Gasteiger partial charge < -0.3 is 10.5 Å². The average Bonchev–Trinajstić information content (AvgIpc) is 2.48. The molecule has 0 atom stereocenters. The van der Waals surface area contributed by atoms with Crippen LogP contribution in [-0.4, -0.2) is 18.2 Å². The zero-order valence-corrected chi connectivity index (χ0v) is 11.7. The number of primary amides is 1. The molecule has 1 saturated carbocycles.